The molecule has 8 nitrogen and oxygen atoms in total. The standard InChI is InChI=1S/C25H31N3O5/c1-15(2)11-21(29)27-17-7-5-16(6-8-17)25(30)26-12-19-18-9-10-28(3)13-20(18)22(31-4)24-23(19)32-14-33-24/h5-8,15H,9-14H2,1-4H3,(H,26,30)(H,27,29). The van der Waals surface area contributed by atoms with E-state index in [1.807, 2.05) is 13.8 Å². The van der Waals surface area contributed by atoms with Crippen molar-refractivity contribution in [3.05, 3.63) is 46.5 Å². The second kappa shape index (κ2) is 9.70. The van der Waals surface area contributed by atoms with E-state index in [4.69, 9.17) is 14.2 Å². The van der Waals surface area contributed by atoms with Crippen LogP contribution in [0.4, 0.5) is 5.69 Å². The molecule has 0 saturated carbocycles. The van der Waals surface area contributed by atoms with Gasteiger partial charge in [-0.2, -0.15) is 0 Å². The molecule has 33 heavy (non-hydrogen) atoms. The fourth-order valence-corrected chi connectivity index (χ4v) is 4.35. The molecule has 2 amide bonds. The number of likely N-dealkylation sites (N-methyl/N-ethyl adjacent to an activating group) is 1. The van der Waals surface area contributed by atoms with Gasteiger partial charge < -0.3 is 29.7 Å². The molecule has 2 N–H and O–H groups in total. The lowest BCUT2D eigenvalue weighted by atomic mass is 9.92. The number of rotatable bonds is 7. The average molecular weight is 454 g/mol. The second-order valence-electron chi connectivity index (χ2n) is 8.93. The third-order valence-corrected chi connectivity index (χ3v) is 5.92. The van der Waals surface area contributed by atoms with E-state index in [1.165, 1.54) is 0 Å². The zero-order valence-corrected chi connectivity index (χ0v) is 19.6. The van der Waals surface area contributed by atoms with Gasteiger partial charge in [0.2, 0.25) is 18.4 Å². The van der Waals surface area contributed by atoms with Gasteiger partial charge in [-0.05, 0) is 49.2 Å². The summed E-state index contributed by atoms with van der Waals surface area (Å²) in [6.45, 7) is 6.12. The van der Waals surface area contributed by atoms with Crippen LogP contribution in [0.1, 0.15) is 47.3 Å². The van der Waals surface area contributed by atoms with Crippen LogP contribution in [0.3, 0.4) is 0 Å². The first-order valence-electron chi connectivity index (χ1n) is 11.2. The molecule has 2 aromatic carbocycles. The van der Waals surface area contributed by atoms with Crippen LogP contribution < -0.4 is 24.8 Å². The Hall–Kier alpha value is -3.26. The van der Waals surface area contributed by atoms with E-state index in [-0.39, 0.29) is 24.5 Å². The molecule has 4 rings (SSSR count). The lowest BCUT2D eigenvalue weighted by molar-refractivity contribution is -0.116. The highest BCUT2D eigenvalue weighted by molar-refractivity contribution is 5.95. The highest BCUT2D eigenvalue weighted by Gasteiger charge is 2.32. The van der Waals surface area contributed by atoms with Crippen LogP contribution in [0, 0.1) is 5.92 Å². The first-order valence-corrected chi connectivity index (χ1v) is 11.2. The minimum absolute atomic E-state index is 0.0341. The highest BCUT2D eigenvalue weighted by Crippen LogP contribution is 2.49. The van der Waals surface area contributed by atoms with E-state index in [9.17, 15) is 9.59 Å². The third kappa shape index (κ3) is 4.90. The molecule has 0 spiro atoms. The van der Waals surface area contributed by atoms with Crippen LogP contribution in [0.15, 0.2) is 24.3 Å². The maximum Gasteiger partial charge on any atom is 0.251 e. The summed E-state index contributed by atoms with van der Waals surface area (Å²) >= 11 is 0. The monoisotopic (exact) mass is 453 g/mol. The Kier molecular flexibility index (Phi) is 6.74. The van der Waals surface area contributed by atoms with Crippen molar-refractivity contribution in [1.82, 2.24) is 10.2 Å². The SMILES string of the molecule is COc1c2c(c(CNC(=O)c3ccc(NC(=O)CC(C)C)cc3)c3c1OCO3)CCN(C)C2. The van der Waals surface area contributed by atoms with Crippen LogP contribution in [-0.2, 0) is 24.3 Å². The van der Waals surface area contributed by atoms with Crippen molar-refractivity contribution in [2.75, 3.05) is 32.8 Å². The van der Waals surface area contributed by atoms with Gasteiger partial charge in [-0.3, -0.25) is 9.59 Å². The molecule has 8 heteroatoms. The normalized spacial score (nSPS) is 14.7. The summed E-state index contributed by atoms with van der Waals surface area (Å²) in [5.41, 5.74) is 4.37. The number of benzene rings is 2. The molecular formula is C25H31N3O5. The molecule has 2 aliphatic heterocycles. The van der Waals surface area contributed by atoms with Crippen LogP contribution in [0.25, 0.3) is 0 Å². The smallest absolute Gasteiger partial charge is 0.251 e. The molecule has 0 fully saturated rings. The van der Waals surface area contributed by atoms with Gasteiger partial charge in [0.1, 0.15) is 0 Å². The fourth-order valence-electron chi connectivity index (χ4n) is 4.35. The molecule has 0 aliphatic carbocycles. The van der Waals surface area contributed by atoms with Crippen molar-refractivity contribution in [3.8, 4) is 17.2 Å². The van der Waals surface area contributed by atoms with Gasteiger partial charge in [0.25, 0.3) is 5.91 Å². The zero-order valence-electron chi connectivity index (χ0n) is 19.6. The fraction of sp³-hybridized carbons (Fsp3) is 0.440. The number of nitrogens with one attached hydrogen (secondary N) is 2. The predicted octanol–water partition coefficient (Wildman–Crippen LogP) is 3.33. The Morgan fingerprint density at radius 1 is 1.12 bits per heavy atom. The maximum atomic E-state index is 12.8. The van der Waals surface area contributed by atoms with Gasteiger partial charge in [-0.1, -0.05) is 13.8 Å². The lowest BCUT2D eigenvalue weighted by Crippen LogP contribution is -2.30. The molecule has 2 heterocycles. The molecule has 0 radical (unpaired) electrons. The van der Waals surface area contributed by atoms with Crippen molar-refractivity contribution in [2.45, 2.75) is 39.8 Å². The van der Waals surface area contributed by atoms with Crippen molar-refractivity contribution in [2.24, 2.45) is 5.92 Å². The number of carbonyl (C=O) groups is 2. The Balaban J connectivity index is 1.49. The van der Waals surface area contributed by atoms with Crippen LogP contribution in [-0.4, -0.2) is 44.2 Å². The van der Waals surface area contributed by atoms with Crippen molar-refractivity contribution in [3.63, 3.8) is 0 Å². The average Bonchev–Trinajstić information content (AvgIpc) is 3.25. The highest BCUT2D eigenvalue weighted by atomic mass is 16.7. The predicted molar refractivity (Wildman–Crippen MR) is 125 cm³/mol. The minimum atomic E-state index is -0.194. The van der Waals surface area contributed by atoms with Gasteiger partial charge in [0.15, 0.2) is 11.5 Å². The number of hydrogen-bond acceptors (Lipinski definition) is 6. The Morgan fingerprint density at radius 3 is 2.55 bits per heavy atom. The number of carbonyl (C=O) groups excluding carboxylic acids is 2. The number of amides is 2. The molecule has 2 aliphatic rings. The maximum absolute atomic E-state index is 12.8. The molecule has 176 valence electrons. The van der Waals surface area contributed by atoms with E-state index in [1.54, 1.807) is 31.4 Å². The first kappa shape index (κ1) is 22.9. The lowest BCUT2D eigenvalue weighted by Gasteiger charge is -2.29. The summed E-state index contributed by atoms with van der Waals surface area (Å²) < 4.78 is 17.1. The van der Waals surface area contributed by atoms with Gasteiger partial charge in [0.05, 0.1) is 7.11 Å². The van der Waals surface area contributed by atoms with Crippen LogP contribution in [0.2, 0.25) is 0 Å². The van der Waals surface area contributed by atoms with Crippen molar-refractivity contribution >= 4 is 17.5 Å². The molecule has 0 atom stereocenters. The first-order chi connectivity index (χ1) is 15.9. The van der Waals surface area contributed by atoms with E-state index < -0.39 is 0 Å². The molecule has 0 saturated heterocycles. The Morgan fingerprint density at radius 2 is 1.85 bits per heavy atom. The van der Waals surface area contributed by atoms with Crippen molar-refractivity contribution < 1.29 is 23.8 Å². The number of methoxy groups -OCH3 is 1. The molecule has 0 bridgehead atoms. The number of hydrogen-bond donors (Lipinski definition) is 2. The summed E-state index contributed by atoms with van der Waals surface area (Å²) in [6, 6.07) is 6.91. The molecule has 0 aromatic heterocycles. The number of anilines is 1. The Bertz CT molecular complexity index is 1050. The van der Waals surface area contributed by atoms with Crippen LogP contribution in [0.5, 0.6) is 17.2 Å². The zero-order chi connectivity index (χ0) is 23.5. The van der Waals surface area contributed by atoms with Crippen molar-refractivity contribution in [1.29, 1.82) is 0 Å². The number of nitrogens with zero attached hydrogens (tertiary/aromatic N) is 1. The summed E-state index contributed by atoms with van der Waals surface area (Å²) in [7, 11) is 3.71. The van der Waals surface area contributed by atoms with Gasteiger partial charge in [0, 0.05) is 48.4 Å². The van der Waals surface area contributed by atoms with E-state index >= 15 is 0 Å². The minimum Gasteiger partial charge on any atom is -0.492 e. The molecule has 2 aromatic rings. The topological polar surface area (TPSA) is 89.1 Å². The largest absolute Gasteiger partial charge is 0.492 e. The summed E-state index contributed by atoms with van der Waals surface area (Å²) in [4.78, 5) is 27.0. The molecule has 0 unspecified atom stereocenters. The van der Waals surface area contributed by atoms with E-state index in [0.29, 0.717) is 41.5 Å². The van der Waals surface area contributed by atoms with E-state index in [2.05, 4.69) is 22.6 Å². The number of ether oxygens (including phenoxy) is 3. The summed E-state index contributed by atoms with van der Waals surface area (Å²) in [5.74, 6) is 2.04. The quantitative estimate of drug-likeness (QED) is 0.669. The van der Waals surface area contributed by atoms with Gasteiger partial charge in [-0.25, -0.2) is 0 Å². The number of fused-ring (bicyclic) bond motifs is 2. The Labute approximate surface area is 194 Å². The summed E-state index contributed by atoms with van der Waals surface area (Å²) in [6.07, 6.45) is 1.30. The van der Waals surface area contributed by atoms with E-state index in [0.717, 1.165) is 36.2 Å². The second-order valence-corrected chi connectivity index (χ2v) is 8.93. The van der Waals surface area contributed by atoms with Crippen LogP contribution >= 0.6 is 0 Å². The molecular weight excluding hydrogens is 422 g/mol. The van der Waals surface area contributed by atoms with Gasteiger partial charge in [-0.15, -0.1) is 0 Å². The van der Waals surface area contributed by atoms with Gasteiger partial charge >= 0.3 is 0 Å². The summed E-state index contributed by atoms with van der Waals surface area (Å²) in [5, 5.41) is 5.87. The third-order valence-electron chi connectivity index (χ3n) is 5.92.